The maximum atomic E-state index is 2.71. The first kappa shape index (κ1) is 9.41. The third-order valence-electron chi connectivity index (χ3n) is 4.07. The molecule has 0 radical (unpaired) electrons. The molecule has 0 saturated carbocycles. The predicted molar refractivity (Wildman–Crippen MR) is 63.0 cm³/mol. The summed E-state index contributed by atoms with van der Waals surface area (Å²) in [6.45, 7) is 2.68. The van der Waals surface area contributed by atoms with Gasteiger partial charge in [0.1, 0.15) is 0 Å². The number of hydrogen-bond donors (Lipinski definition) is 0. The Bertz CT molecular complexity index is 319. The Kier molecular flexibility index (Phi) is 2.49. The van der Waals surface area contributed by atoms with Crippen LogP contribution < -0.4 is 0 Å². The molecular weight excluding hydrogens is 182 g/mol. The molecule has 2 atom stereocenters. The van der Waals surface area contributed by atoms with Crippen molar-refractivity contribution in [2.45, 2.75) is 37.6 Å². The number of piperidine rings is 1. The fraction of sp³-hybridized carbons (Fsp3) is 0.571. The van der Waals surface area contributed by atoms with Crippen LogP contribution in [-0.2, 0) is 0 Å². The van der Waals surface area contributed by atoms with E-state index in [0.29, 0.717) is 0 Å². The Morgan fingerprint density at radius 3 is 2.47 bits per heavy atom. The van der Waals surface area contributed by atoms with E-state index < -0.39 is 0 Å². The van der Waals surface area contributed by atoms with Crippen molar-refractivity contribution in [1.29, 1.82) is 0 Å². The van der Waals surface area contributed by atoms with Gasteiger partial charge >= 0.3 is 0 Å². The molecule has 15 heavy (non-hydrogen) atoms. The van der Waals surface area contributed by atoms with Crippen molar-refractivity contribution in [2.75, 3.05) is 13.1 Å². The molecule has 2 fully saturated rings. The maximum absolute atomic E-state index is 2.71. The molecule has 3 rings (SSSR count). The second-order valence-electron chi connectivity index (χ2n) is 4.90. The first-order valence-electron chi connectivity index (χ1n) is 6.24. The minimum atomic E-state index is 0.808. The summed E-state index contributed by atoms with van der Waals surface area (Å²) in [6.07, 6.45) is 5.61. The molecule has 1 nitrogen and oxygen atoms in total. The molecule has 2 aliphatic heterocycles. The fourth-order valence-electron chi connectivity index (χ4n) is 3.38. The molecule has 0 bridgehead atoms. The normalized spacial score (nSPS) is 31.5. The van der Waals surface area contributed by atoms with E-state index in [9.17, 15) is 0 Å². The van der Waals surface area contributed by atoms with Crippen LogP contribution in [0.4, 0.5) is 0 Å². The van der Waals surface area contributed by atoms with Crippen molar-refractivity contribution in [3.63, 3.8) is 0 Å². The zero-order chi connectivity index (χ0) is 10.1. The second-order valence-corrected chi connectivity index (χ2v) is 4.90. The van der Waals surface area contributed by atoms with Crippen LogP contribution in [0.15, 0.2) is 30.3 Å². The summed E-state index contributed by atoms with van der Waals surface area (Å²) in [6, 6.07) is 12.0. The fourth-order valence-corrected chi connectivity index (χ4v) is 3.38. The summed E-state index contributed by atoms with van der Waals surface area (Å²) in [4.78, 5) is 2.71. The van der Waals surface area contributed by atoms with Gasteiger partial charge in [-0.15, -0.1) is 0 Å². The molecule has 2 aliphatic rings. The molecule has 2 unspecified atom stereocenters. The maximum Gasteiger partial charge on any atom is 0.0164 e. The molecule has 0 spiro atoms. The van der Waals surface area contributed by atoms with Gasteiger partial charge in [-0.3, -0.25) is 4.90 Å². The molecule has 2 heterocycles. The van der Waals surface area contributed by atoms with Gasteiger partial charge in [-0.25, -0.2) is 0 Å². The summed E-state index contributed by atoms with van der Waals surface area (Å²) < 4.78 is 0. The van der Waals surface area contributed by atoms with Gasteiger partial charge in [-0.1, -0.05) is 30.3 Å². The number of nitrogens with zero attached hydrogens (tertiary/aromatic N) is 1. The molecule has 1 heteroatoms. The van der Waals surface area contributed by atoms with E-state index in [-0.39, 0.29) is 0 Å². The average Bonchev–Trinajstić information content (AvgIpc) is 2.78. The van der Waals surface area contributed by atoms with E-state index in [0.717, 1.165) is 12.0 Å². The largest absolute Gasteiger partial charge is 0.300 e. The Balaban J connectivity index is 1.85. The summed E-state index contributed by atoms with van der Waals surface area (Å²) >= 11 is 0. The zero-order valence-corrected chi connectivity index (χ0v) is 9.23. The van der Waals surface area contributed by atoms with E-state index in [2.05, 4.69) is 35.2 Å². The van der Waals surface area contributed by atoms with Crippen LogP contribution in [0.25, 0.3) is 0 Å². The number of benzene rings is 1. The van der Waals surface area contributed by atoms with E-state index in [4.69, 9.17) is 0 Å². The Morgan fingerprint density at radius 2 is 1.67 bits per heavy atom. The van der Waals surface area contributed by atoms with Crippen LogP contribution in [0.2, 0.25) is 0 Å². The molecule has 0 aromatic heterocycles. The van der Waals surface area contributed by atoms with Crippen molar-refractivity contribution in [3.05, 3.63) is 35.9 Å². The Morgan fingerprint density at radius 1 is 0.933 bits per heavy atom. The topological polar surface area (TPSA) is 3.24 Å². The summed E-state index contributed by atoms with van der Waals surface area (Å²) in [5.74, 6) is 0.808. The average molecular weight is 201 g/mol. The SMILES string of the molecule is c1ccc(C2CCCN3CCCC23)cc1. The molecule has 0 N–H and O–H groups in total. The van der Waals surface area contributed by atoms with Crippen LogP contribution in [0.3, 0.4) is 0 Å². The minimum Gasteiger partial charge on any atom is -0.300 e. The summed E-state index contributed by atoms with van der Waals surface area (Å²) in [7, 11) is 0. The summed E-state index contributed by atoms with van der Waals surface area (Å²) in [5, 5.41) is 0. The Hall–Kier alpha value is -0.820. The van der Waals surface area contributed by atoms with Crippen LogP contribution in [0, 0.1) is 0 Å². The van der Waals surface area contributed by atoms with Crippen molar-refractivity contribution in [3.8, 4) is 0 Å². The number of fused-ring (bicyclic) bond motifs is 1. The van der Waals surface area contributed by atoms with Gasteiger partial charge in [-0.2, -0.15) is 0 Å². The van der Waals surface area contributed by atoms with E-state index in [1.54, 1.807) is 5.56 Å². The monoisotopic (exact) mass is 201 g/mol. The van der Waals surface area contributed by atoms with E-state index in [1.165, 1.54) is 38.8 Å². The zero-order valence-electron chi connectivity index (χ0n) is 9.23. The molecular formula is C14H19N. The van der Waals surface area contributed by atoms with Crippen molar-refractivity contribution >= 4 is 0 Å². The van der Waals surface area contributed by atoms with Gasteiger partial charge in [0.25, 0.3) is 0 Å². The number of hydrogen-bond acceptors (Lipinski definition) is 1. The highest BCUT2D eigenvalue weighted by molar-refractivity contribution is 5.22. The first-order chi connectivity index (χ1) is 7.45. The van der Waals surface area contributed by atoms with Gasteiger partial charge in [0.2, 0.25) is 0 Å². The predicted octanol–water partition coefficient (Wildman–Crippen LogP) is 3.03. The van der Waals surface area contributed by atoms with Crippen LogP contribution in [0.5, 0.6) is 0 Å². The lowest BCUT2D eigenvalue weighted by Gasteiger charge is -2.37. The third-order valence-corrected chi connectivity index (χ3v) is 4.07. The van der Waals surface area contributed by atoms with E-state index >= 15 is 0 Å². The molecule has 1 aromatic rings. The second kappa shape index (κ2) is 3.97. The highest BCUT2D eigenvalue weighted by Gasteiger charge is 2.34. The molecule has 80 valence electrons. The lowest BCUT2D eigenvalue weighted by Crippen LogP contribution is -2.39. The van der Waals surface area contributed by atoms with Crippen LogP contribution in [0.1, 0.15) is 37.2 Å². The standard InChI is InChI=1S/C14H19N/c1-2-6-12(7-3-1)13-8-4-10-15-11-5-9-14(13)15/h1-3,6-7,13-14H,4-5,8-11H2. The quantitative estimate of drug-likeness (QED) is 0.675. The van der Waals surface area contributed by atoms with Gasteiger partial charge in [-0.05, 0) is 50.3 Å². The van der Waals surface area contributed by atoms with Gasteiger partial charge in [0.15, 0.2) is 0 Å². The van der Waals surface area contributed by atoms with Crippen LogP contribution >= 0.6 is 0 Å². The van der Waals surface area contributed by atoms with Crippen molar-refractivity contribution < 1.29 is 0 Å². The lowest BCUT2D eigenvalue weighted by molar-refractivity contribution is 0.172. The molecule has 1 aromatic carbocycles. The molecule has 2 saturated heterocycles. The highest BCUT2D eigenvalue weighted by Crippen LogP contribution is 2.37. The first-order valence-corrected chi connectivity index (χ1v) is 6.24. The Labute approximate surface area is 92.1 Å². The third kappa shape index (κ3) is 1.69. The van der Waals surface area contributed by atoms with Crippen molar-refractivity contribution in [2.24, 2.45) is 0 Å². The summed E-state index contributed by atoms with van der Waals surface area (Å²) in [5.41, 5.74) is 1.56. The van der Waals surface area contributed by atoms with Gasteiger partial charge in [0.05, 0.1) is 0 Å². The molecule has 0 aliphatic carbocycles. The molecule has 0 amide bonds. The minimum absolute atomic E-state index is 0.808. The van der Waals surface area contributed by atoms with Crippen LogP contribution in [-0.4, -0.2) is 24.0 Å². The van der Waals surface area contributed by atoms with Crippen molar-refractivity contribution in [1.82, 2.24) is 4.90 Å². The van der Waals surface area contributed by atoms with Gasteiger partial charge < -0.3 is 0 Å². The number of rotatable bonds is 1. The smallest absolute Gasteiger partial charge is 0.0164 e. The van der Waals surface area contributed by atoms with Gasteiger partial charge in [0, 0.05) is 6.04 Å². The lowest BCUT2D eigenvalue weighted by atomic mass is 9.83. The van der Waals surface area contributed by atoms with E-state index in [1.807, 2.05) is 0 Å². The highest BCUT2D eigenvalue weighted by atomic mass is 15.2.